The van der Waals surface area contributed by atoms with Crippen molar-refractivity contribution in [3.8, 4) is 0 Å². The number of likely N-dealkylation sites (N-methyl/N-ethyl adjacent to an activating group) is 1. The third-order valence-corrected chi connectivity index (χ3v) is 4.51. The highest BCUT2D eigenvalue weighted by Crippen LogP contribution is 2.17. The van der Waals surface area contributed by atoms with Gasteiger partial charge in [-0.3, -0.25) is 4.79 Å². The van der Waals surface area contributed by atoms with E-state index in [1.807, 2.05) is 12.1 Å². The fourth-order valence-electron chi connectivity index (χ4n) is 2.98. The molecule has 0 aliphatic carbocycles. The van der Waals surface area contributed by atoms with E-state index in [1.54, 1.807) is 6.07 Å². The molecule has 1 aromatic heterocycles. The maximum absolute atomic E-state index is 12.3. The monoisotopic (exact) mass is 318 g/mol. The Labute approximate surface area is 140 Å². The lowest BCUT2D eigenvalue weighted by molar-refractivity contribution is 0.0944. The molecular formula is C18H30N4O. The average molecular weight is 318 g/mol. The average Bonchev–Trinajstić information content (AvgIpc) is 2.88. The van der Waals surface area contributed by atoms with Crippen LogP contribution in [0.25, 0.3) is 0 Å². The molecule has 1 saturated heterocycles. The summed E-state index contributed by atoms with van der Waals surface area (Å²) in [7, 11) is 0. The molecule has 2 heterocycles. The number of anilines is 1. The third-order valence-electron chi connectivity index (χ3n) is 4.51. The van der Waals surface area contributed by atoms with Gasteiger partial charge in [0.1, 0.15) is 11.5 Å². The summed E-state index contributed by atoms with van der Waals surface area (Å²) in [6, 6.07) is 5.75. The van der Waals surface area contributed by atoms with Crippen LogP contribution in [-0.2, 0) is 0 Å². The molecule has 0 saturated carbocycles. The van der Waals surface area contributed by atoms with Crippen LogP contribution in [0.5, 0.6) is 0 Å². The van der Waals surface area contributed by atoms with Gasteiger partial charge in [-0.15, -0.1) is 0 Å². The van der Waals surface area contributed by atoms with Crippen molar-refractivity contribution in [3.05, 3.63) is 23.9 Å². The predicted molar refractivity (Wildman–Crippen MR) is 95.0 cm³/mol. The molecule has 1 aromatic rings. The number of nitrogens with zero attached hydrogens (tertiary/aromatic N) is 3. The first-order valence-corrected chi connectivity index (χ1v) is 8.97. The molecule has 0 radical (unpaired) electrons. The molecule has 5 heteroatoms. The number of carbonyl (C=O) groups excluding carboxylic acids is 1. The molecule has 5 nitrogen and oxygen atoms in total. The summed E-state index contributed by atoms with van der Waals surface area (Å²) in [5.74, 6) is 0.858. The number of carbonyl (C=O) groups is 1. The molecule has 1 aliphatic heterocycles. The van der Waals surface area contributed by atoms with E-state index < -0.39 is 0 Å². The van der Waals surface area contributed by atoms with E-state index in [1.165, 1.54) is 25.7 Å². The van der Waals surface area contributed by atoms with Crippen molar-refractivity contribution < 1.29 is 4.79 Å². The van der Waals surface area contributed by atoms with Crippen LogP contribution in [0.3, 0.4) is 0 Å². The summed E-state index contributed by atoms with van der Waals surface area (Å²) >= 11 is 0. The minimum absolute atomic E-state index is 0.0752. The summed E-state index contributed by atoms with van der Waals surface area (Å²) in [5, 5.41) is 2.98. The summed E-state index contributed by atoms with van der Waals surface area (Å²) in [5.41, 5.74) is 0.520. The van der Waals surface area contributed by atoms with Crippen molar-refractivity contribution in [1.82, 2.24) is 15.2 Å². The van der Waals surface area contributed by atoms with Crippen LogP contribution in [0.2, 0.25) is 0 Å². The van der Waals surface area contributed by atoms with E-state index in [4.69, 9.17) is 0 Å². The first kappa shape index (κ1) is 17.7. The van der Waals surface area contributed by atoms with Gasteiger partial charge in [0.25, 0.3) is 5.91 Å². The van der Waals surface area contributed by atoms with Gasteiger partial charge in [-0.25, -0.2) is 4.98 Å². The highest BCUT2D eigenvalue weighted by Gasteiger charge is 2.13. The Morgan fingerprint density at radius 2 is 1.87 bits per heavy atom. The van der Waals surface area contributed by atoms with E-state index in [0.717, 1.165) is 38.5 Å². The first-order chi connectivity index (χ1) is 11.2. The molecular weight excluding hydrogens is 288 g/mol. The van der Waals surface area contributed by atoms with Gasteiger partial charge in [-0.05, 0) is 38.1 Å². The molecule has 1 N–H and O–H groups in total. The molecule has 0 aromatic carbocycles. The van der Waals surface area contributed by atoms with E-state index in [-0.39, 0.29) is 5.91 Å². The lowest BCUT2D eigenvalue weighted by atomic mass is 10.2. The minimum Gasteiger partial charge on any atom is -0.357 e. The number of hydrogen-bond donors (Lipinski definition) is 1. The maximum atomic E-state index is 12.3. The van der Waals surface area contributed by atoms with Crippen molar-refractivity contribution in [1.29, 1.82) is 0 Å². The number of nitrogens with one attached hydrogen (secondary N) is 1. The second-order valence-corrected chi connectivity index (χ2v) is 6.07. The van der Waals surface area contributed by atoms with E-state index in [2.05, 4.69) is 33.9 Å². The highest BCUT2D eigenvalue weighted by atomic mass is 16.1. The van der Waals surface area contributed by atoms with Gasteiger partial charge < -0.3 is 15.1 Å². The zero-order valence-electron chi connectivity index (χ0n) is 14.6. The second kappa shape index (κ2) is 9.50. The van der Waals surface area contributed by atoms with Gasteiger partial charge >= 0.3 is 0 Å². The zero-order chi connectivity index (χ0) is 16.5. The van der Waals surface area contributed by atoms with Crippen molar-refractivity contribution in [2.24, 2.45) is 0 Å². The lowest BCUT2D eigenvalue weighted by Crippen LogP contribution is -2.35. The Morgan fingerprint density at radius 1 is 1.17 bits per heavy atom. The smallest absolute Gasteiger partial charge is 0.270 e. The third kappa shape index (κ3) is 5.50. The van der Waals surface area contributed by atoms with Crippen molar-refractivity contribution in [3.63, 3.8) is 0 Å². The van der Waals surface area contributed by atoms with Crippen molar-refractivity contribution in [2.45, 2.75) is 39.5 Å². The normalized spacial score (nSPS) is 15.5. The molecule has 1 fully saturated rings. The highest BCUT2D eigenvalue weighted by molar-refractivity contribution is 5.92. The topological polar surface area (TPSA) is 48.5 Å². The standard InChI is InChI=1S/C18H30N4O/c1-3-21(4-2)15-12-19-18(23)16-10-9-11-17(20-16)22-13-7-5-6-8-14-22/h9-11H,3-8,12-15H2,1-2H3,(H,19,23). The Balaban J connectivity index is 1.91. The molecule has 128 valence electrons. The number of hydrogen-bond acceptors (Lipinski definition) is 4. The number of amides is 1. The SMILES string of the molecule is CCN(CC)CCNC(=O)c1cccc(N2CCCCCC2)n1. The van der Waals surface area contributed by atoms with E-state index >= 15 is 0 Å². The largest absolute Gasteiger partial charge is 0.357 e. The van der Waals surface area contributed by atoms with Gasteiger partial charge in [0.15, 0.2) is 0 Å². The minimum atomic E-state index is -0.0752. The Hall–Kier alpha value is -1.62. The van der Waals surface area contributed by atoms with Crippen LogP contribution >= 0.6 is 0 Å². The van der Waals surface area contributed by atoms with Crippen LogP contribution in [0.1, 0.15) is 50.0 Å². The fraction of sp³-hybridized carbons (Fsp3) is 0.667. The van der Waals surface area contributed by atoms with Gasteiger partial charge in [0.05, 0.1) is 0 Å². The molecule has 0 spiro atoms. The van der Waals surface area contributed by atoms with E-state index in [0.29, 0.717) is 12.2 Å². The molecule has 0 bridgehead atoms. The first-order valence-electron chi connectivity index (χ1n) is 8.97. The Morgan fingerprint density at radius 3 is 2.52 bits per heavy atom. The van der Waals surface area contributed by atoms with Crippen LogP contribution in [0, 0.1) is 0 Å². The molecule has 0 unspecified atom stereocenters. The van der Waals surface area contributed by atoms with Crippen LogP contribution in [0.4, 0.5) is 5.82 Å². The summed E-state index contributed by atoms with van der Waals surface area (Å²) < 4.78 is 0. The quantitative estimate of drug-likeness (QED) is 0.839. The number of rotatable bonds is 7. The summed E-state index contributed by atoms with van der Waals surface area (Å²) in [4.78, 5) is 21.5. The van der Waals surface area contributed by atoms with Crippen molar-refractivity contribution in [2.75, 3.05) is 44.2 Å². The Kier molecular flexibility index (Phi) is 7.33. The van der Waals surface area contributed by atoms with Crippen LogP contribution < -0.4 is 10.2 Å². The fourth-order valence-corrected chi connectivity index (χ4v) is 2.98. The number of pyridine rings is 1. The second-order valence-electron chi connectivity index (χ2n) is 6.07. The predicted octanol–water partition coefficient (Wildman–Crippen LogP) is 2.53. The van der Waals surface area contributed by atoms with Crippen molar-refractivity contribution >= 4 is 11.7 Å². The van der Waals surface area contributed by atoms with E-state index in [9.17, 15) is 4.79 Å². The van der Waals surface area contributed by atoms with Gasteiger partial charge in [-0.1, -0.05) is 32.8 Å². The molecule has 0 atom stereocenters. The zero-order valence-corrected chi connectivity index (χ0v) is 14.6. The molecule has 1 aliphatic rings. The number of aromatic nitrogens is 1. The molecule has 2 rings (SSSR count). The Bertz CT molecular complexity index is 480. The summed E-state index contributed by atoms with van der Waals surface area (Å²) in [6.45, 7) is 9.92. The maximum Gasteiger partial charge on any atom is 0.270 e. The molecule has 1 amide bonds. The van der Waals surface area contributed by atoms with Crippen LogP contribution in [0.15, 0.2) is 18.2 Å². The summed E-state index contributed by atoms with van der Waals surface area (Å²) in [6.07, 6.45) is 5.01. The lowest BCUT2D eigenvalue weighted by Gasteiger charge is -2.22. The molecule has 23 heavy (non-hydrogen) atoms. The van der Waals surface area contributed by atoms with Crippen LogP contribution in [-0.4, -0.2) is 55.1 Å². The van der Waals surface area contributed by atoms with Gasteiger partial charge in [0, 0.05) is 26.2 Å². The van der Waals surface area contributed by atoms with Gasteiger partial charge in [-0.2, -0.15) is 0 Å². The van der Waals surface area contributed by atoms with Gasteiger partial charge in [0.2, 0.25) is 0 Å².